The number of amides is 1. The minimum atomic E-state index is -0.689. The first-order valence-electron chi connectivity index (χ1n) is 12.6. The van der Waals surface area contributed by atoms with Crippen LogP contribution in [0.3, 0.4) is 0 Å². The lowest BCUT2D eigenvalue weighted by molar-refractivity contribution is -0.277. The van der Waals surface area contributed by atoms with Crippen LogP contribution in [0.4, 0.5) is 4.39 Å². The van der Waals surface area contributed by atoms with E-state index in [0.29, 0.717) is 19.8 Å². The normalized spacial score (nSPS) is 24.1. The molecule has 2 unspecified atom stereocenters. The van der Waals surface area contributed by atoms with Crippen LogP contribution < -0.4 is 0 Å². The summed E-state index contributed by atoms with van der Waals surface area (Å²) in [5.74, 6) is -0.874. The lowest BCUT2D eigenvalue weighted by Crippen LogP contribution is -2.65. The van der Waals surface area contributed by atoms with Gasteiger partial charge in [-0.3, -0.25) is 9.69 Å². The summed E-state index contributed by atoms with van der Waals surface area (Å²) in [5, 5.41) is 0. The Morgan fingerprint density at radius 3 is 2.28 bits per heavy atom. The lowest BCUT2D eigenvalue weighted by Gasteiger charge is -2.51. The molecule has 0 spiro atoms. The molecule has 1 heterocycles. The van der Waals surface area contributed by atoms with Gasteiger partial charge in [0.1, 0.15) is 5.82 Å². The van der Waals surface area contributed by atoms with Crippen molar-refractivity contribution < 1.29 is 18.7 Å². The number of carbonyl (C=O) groups is 1. The molecule has 3 rings (SSSR count). The van der Waals surface area contributed by atoms with Crippen molar-refractivity contribution in [3.63, 3.8) is 0 Å². The van der Waals surface area contributed by atoms with E-state index in [2.05, 4.69) is 11.8 Å². The van der Waals surface area contributed by atoms with E-state index in [1.165, 1.54) is 31.4 Å². The Balaban J connectivity index is 1.94. The number of benzene rings is 1. The molecule has 32 heavy (non-hydrogen) atoms. The molecule has 6 heteroatoms. The molecule has 0 radical (unpaired) electrons. The molecule has 2 atom stereocenters. The van der Waals surface area contributed by atoms with E-state index in [4.69, 9.17) is 9.47 Å². The third-order valence-corrected chi connectivity index (χ3v) is 6.98. The van der Waals surface area contributed by atoms with Crippen LogP contribution in [0.25, 0.3) is 0 Å². The van der Waals surface area contributed by atoms with Gasteiger partial charge in [-0.15, -0.1) is 0 Å². The van der Waals surface area contributed by atoms with Gasteiger partial charge in [0.25, 0.3) is 0 Å². The highest BCUT2D eigenvalue weighted by Gasteiger charge is 2.51. The molecule has 1 aromatic rings. The Morgan fingerprint density at radius 2 is 1.69 bits per heavy atom. The molecule has 1 saturated heterocycles. The van der Waals surface area contributed by atoms with Gasteiger partial charge in [-0.05, 0) is 77.2 Å². The zero-order valence-electron chi connectivity index (χ0n) is 20.2. The van der Waals surface area contributed by atoms with Crippen LogP contribution in [-0.2, 0) is 20.7 Å². The largest absolute Gasteiger partial charge is 0.349 e. The maximum absolute atomic E-state index is 13.5. The second kappa shape index (κ2) is 12.1. The zero-order valence-corrected chi connectivity index (χ0v) is 20.2. The van der Waals surface area contributed by atoms with Crippen LogP contribution in [-0.4, -0.2) is 66.4 Å². The molecule has 2 aliphatic rings. The summed E-state index contributed by atoms with van der Waals surface area (Å²) in [5.41, 5.74) is 0.846. The van der Waals surface area contributed by atoms with Gasteiger partial charge in [-0.1, -0.05) is 25.0 Å². The number of likely N-dealkylation sites (N-methyl/N-ethyl adjacent to an activating group) is 1. The van der Waals surface area contributed by atoms with Gasteiger partial charge < -0.3 is 14.4 Å². The van der Waals surface area contributed by atoms with Crippen molar-refractivity contribution in [2.24, 2.45) is 0 Å². The molecule has 0 N–H and O–H groups in total. The van der Waals surface area contributed by atoms with E-state index < -0.39 is 5.79 Å². The van der Waals surface area contributed by atoms with Crippen LogP contribution in [0.5, 0.6) is 0 Å². The molecular weight excluding hydrogens is 407 g/mol. The van der Waals surface area contributed by atoms with E-state index in [-0.39, 0.29) is 30.2 Å². The summed E-state index contributed by atoms with van der Waals surface area (Å²) in [6, 6.07) is 6.32. The predicted octanol–water partition coefficient (Wildman–Crippen LogP) is 4.78. The first-order valence-corrected chi connectivity index (χ1v) is 12.6. The van der Waals surface area contributed by atoms with Gasteiger partial charge in [0.2, 0.25) is 5.91 Å². The molecule has 180 valence electrons. The third-order valence-electron chi connectivity index (χ3n) is 6.98. The molecule has 5 nitrogen and oxygen atoms in total. The number of carbonyl (C=O) groups excluding carboxylic acids is 1. The second-order valence-electron chi connectivity index (χ2n) is 9.02. The Bertz CT molecular complexity index is 700. The Morgan fingerprint density at radius 1 is 1.03 bits per heavy atom. The maximum atomic E-state index is 13.5. The Labute approximate surface area is 193 Å². The van der Waals surface area contributed by atoms with E-state index >= 15 is 0 Å². The van der Waals surface area contributed by atoms with Crippen molar-refractivity contribution >= 4 is 5.91 Å². The van der Waals surface area contributed by atoms with E-state index in [0.717, 1.165) is 44.3 Å². The van der Waals surface area contributed by atoms with E-state index in [1.54, 1.807) is 12.1 Å². The number of likely N-dealkylation sites (tertiary alicyclic amines) is 1. The van der Waals surface area contributed by atoms with Gasteiger partial charge in [0.05, 0.1) is 18.5 Å². The Hall–Kier alpha value is -1.50. The molecule has 1 aliphatic heterocycles. The van der Waals surface area contributed by atoms with Crippen LogP contribution in [0.2, 0.25) is 0 Å². The molecule has 0 aromatic heterocycles. The molecule has 1 saturated carbocycles. The standard InChI is InChI=1S/C26H41FN2O3/c1-4-29(24(30)20-21-13-15-22(27)16-14-21)23-12-8-9-17-26(31-5-2,32-6-3)25(23)28-18-10-7-11-19-28/h13-16,23,25H,4-12,17-20H2,1-3H3. The second-order valence-corrected chi connectivity index (χ2v) is 9.02. The molecule has 0 bridgehead atoms. The molecular formula is C26H41FN2O3. The van der Waals surface area contributed by atoms with Crippen molar-refractivity contribution in [2.75, 3.05) is 32.8 Å². The fraction of sp³-hybridized carbons (Fsp3) is 0.731. The molecule has 1 amide bonds. The summed E-state index contributed by atoms with van der Waals surface area (Å²) in [7, 11) is 0. The lowest BCUT2D eigenvalue weighted by atomic mass is 9.91. The minimum Gasteiger partial charge on any atom is -0.349 e. The first-order chi connectivity index (χ1) is 15.5. The fourth-order valence-corrected chi connectivity index (χ4v) is 5.69. The van der Waals surface area contributed by atoms with Gasteiger partial charge in [-0.2, -0.15) is 0 Å². The van der Waals surface area contributed by atoms with E-state index in [1.807, 2.05) is 18.7 Å². The van der Waals surface area contributed by atoms with Gasteiger partial charge >= 0.3 is 0 Å². The monoisotopic (exact) mass is 448 g/mol. The van der Waals surface area contributed by atoms with Gasteiger partial charge in [0, 0.05) is 26.2 Å². The average molecular weight is 449 g/mol. The first kappa shape index (κ1) is 25.1. The smallest absolute Gasteiger partial charge is 0.227 e. The molecule has 1 aromatic carbocycles. The highest BCUT2D eigenvalue weighted by Crippen LogP contribution is 2.39. The van der Waals surface area contributed by atoms with Crippen molar-refractivity contribution in [3.8, 4) is 0 Å². The van der Waals surface area contributed by atoms with Crippen LogP contribution in [0, 0.1) is 5.82 Å². The average Bonchev–Trinajstić information content (AvgIpc) is 2.97. The van der Waals surface area contributed by atoms with E-state index in [9.17, 15) is 9.18 Å². The highest BCUT2D eigenvalue weighted by molar-refractivity contribution is 5.79. The van der Waals surface area contributed by atoms with Crippen LogP contribution in [0.15, 0.2) is 24.3 Å². The quantitative estimate of drug-likeness (QED) is 0.403. The van der Waals surface area contributed by atoms with Crippen LogP contribution >= 0.6 is 0 Å². The van der Waals surface area contributed by atoms with Crippen LogP contribution in [0.1, 0.15) is 71.3 Å². The van der Waals surface area contributed by atoms with Gasteiger partial charge in [-0.25, -0.2) is 4.39 Å². The number of hydrogen-bond donors (Lipinski definition) is 0. The highest BCUT2D eigenvalue weighted by atomic mass is 19.1. The summed E-state index contributed by atoms with van der Waals surface area (Å²) in [6.45, 7) is 9.99. The summed E-state index contributed by atoms with van der Waals surface area (Å²) < 4.78 is 26.2. The third kappa shape index (κ3) is 5.89. The number of halogens is 1. The minimum absolute atomic E-state index is 0.0160. The fourth-order valence-electron chi connectivity index (χ4n) is 5.69. The van der Waals surface area contributed by atoms with Crippen molar-refractivity contribution in [1.82, 2.24) is 9.80 Å². The number of rotatable bonds is 9. The van der Waals surface area contributed by atoms with Crippen molar-refractivity contribution in [3.05, 3.63) is 35.6 Å². The zero-order chi connectivity index (χ0) is 23.0. The Kier molecular flexibility index (Phi) is 9.50. The summed E-state index contributed by atoms with van der Waals surface area (Å²) >= 11 is 0. The number of nitrogens with zero attached hydrogens (tertiary/aromatic N) is 2. The van der Waals surface area contributed by atoms with Gasteiger partial charge in [0.15, 0.2) is 5.79 Å². The topological polar surface area (TPSA) is 42.0 Å². The van der Waals surface area contributed by atoms with Crippen molar-refractivity contribution in [2.45, 2.75) is 90.0 Å². The SMILES string of the molecule is CCOC1(OCC)CCCCC(N(CC)C(=O)Cc2ccc(F)cc2)C1N1CCCCC1. The number of piperidine rings is 1. The van der Waals surface area contributed by atoms with Crippen molar-refractivity contribution in [1.29, 1.82) is 0 Å². The maximum Gasteiger partial charge on any atom is 0.227 e. The number of ether oxygens (including phenoxy) is 2. The predicted molar refractivity (Wildman–Crippen MR) is 125 cm³/mol. The molecule has 1 aliphatic carbocycles. The number of hydrogen-bond acceptors (Lipinski definition) is 4. The summed E-state index contributed by atoms with van der Waals surface area (Å²) in [6.07, 6.45) is 7.78. The molecule has 2 fully saturated rings. The summed E-state index contributed by atoms with van der Waals surface area (Å²) in [4.78, 5) is 18.1.